The van der Waals surface area contributed by atoms with Crippen LogP contribution in [0.3, 0.4) is 0 Å². The molecule has 1 aliphatic heterocycles. The highest BCUT2D eigenvalue weighted by Gasteiger charge is 2.06. The Labute approximate surface area is 59.6 Å². The molecule has 1 N–H and O–H groups in total. The quantitative estimate of drug-likeness (QED) is 0.376. The van der Waals surface area contributed by atoms with E-state index < -0.39 is 0 Å². The van der Waals surface area contributed by atoms with Crippen LogP contribution < -0.4 is 5.09 Å². The summed E-state index contributed by atoms with van der Waals surface area (Å²) in [5, 5.41) is 3.34. The Bertz CT molecular complexity index is 53.7. The topological polar surface area (TPSA) is 12.0 Å². The minimum Gasteiger partial charge on any atom is -0.298 e. The van der Waals surface area contributed by atoms with E-state index in [0.29, 0.717) is 0 Å². The third-order valence-electron chi connectivity index (χ3n) is 1.03. The predicted molar refractivity (Wildman–Crippen MR) is 43.6 cm³/mol. The zero-order valence-electron chi connectivity index (χ0n) is 4.08. The number of rotatable bonds is 0. The monoisotopic (exact) mass is 229 g/mol. The van der Waals surface area contributed by atoms with E-state index in [4.69, 9.17) is 0 Å². The van der Waals surface area contributed by atoms with Crippen molar-refractivity contribution in [3.63, 3.8) is 0 Å². The van der Waals surface area contributed by atoms with Gasteiger partial charge in [0.2, 0.25) is 0 Å². The predicted octanol–water partition coefficient (Wildman–Crippen LogP) is 1.38. The molecule has 0 aromatic heterocycles. The van der Waals surface area contributed by atoms with Gasteiger partial charge in [0, 0.05) is 3.92 Å². The maximum absolute atomic E-state index is 3.34. The zero-order chi connectivity index (χ0) is 5.11. The van der Waals surface area contributed by atoms with Crippen LogP contribution >= 0.6 is 31.3 Å². The largest absolute Gasteiger partial charge is 0.298 e. The second kappa shape index (κ2) is 3.21. The van der Waals surface area contributed by atoms with Gasteiger partial charge in [0.05, 0.1) is 0 Å². The van der Waals surface area contributed by atoms with Gasteiger partial charge in [-0.15, -0.1) is 0 Å². The SMILES string of the molecule is IC1CCNPC1. The molecule has 0 saturated carbocycles. The zero-order valence-corrected chi connectivity index (χ0v) is 7.23. The van der Waals surface area contributed by atoms with Crippen molar-refractivity contribution in [1.82, 2.24) is 5.09 Å². The van der Waals surface area contributed by atoms with E-state index in [-0.39, 0.29) is 0 Å². The summed E-state index contributed by atoms with van der Waals surface area (Å²) < 4.78 is 0.956. The Morgan fingerprint density at radius 2 is 2.57 bits per heavy atom. The molecule has 0 aromatic rings. The van der Waals surface area contributed by atoms with Crippen molar-refractivity contribution in [1.29, 1.82) is 0 Å². The molecule has 0 aliphatic carbocycles. The second-order valence-electron chi connectivity index (χ2n) is 1.69. The number of nitrogens with one attached hydrogen (secondary N) is 1. The first-order valence-electron chi connectivity index (χ1n) is 2.49. The summed E-state index contributed by atoms with van der Waals surface area (Å²) in [6.45, 7) is 1.24. The van der Waals surface area contributed by atoms with E-state index in [2.05, 4.69) is 27.7 Å². The van der Waals surface area contributed by atoms with E-state index in [1.54, 1.807) is 0 Å². The third kappa shape index (κ3) is 2.24. The first kappa shape index (κ1) is 6.24. The van der Waals surface area contributed by atoms with Crippen LogP contribution in [0.25, 0.3) is 0 Å². The summed E-state index contributed by atoms with van der Waals surface area (Å²) in [5.41, 5.74) is 0. The molecule has 1 nitrogen and oxygen atoms in total. The lowest BCUT2D eigenvalue weighted by Crippen LogP contribution is -2.19. The van der Waals surface area contributed by atoms with Gasteiger partial charge in [-0.05, 0) is 19.1 Å². The summed E-state index contributed by atoms with van der Waals surface area (Å²) in [7, 11) is 1.02. The summed E-state index contributed by atoms with van der Waals surface area (Å²) in [4.78, 5) is 0. The molecule has 1 saturated heterocycles. The van der Waals surface area contributed by atoms with Gasteiger partial charge in [0.15, 0.2) is 0 Å². The van der Waals surface area contributed by atoms with Crippen LogP contribution in [-0.4, -0.2) is 16.6 Å². The Morgan fingerprint density at radius 3 is 2.86 bits per heavy atom. The van der Waals surface area contributed by atoms with Crippen LogP contribution in [0.4, 0.5) is 0 Å². The van der Waals surface area contributed by atoms with Crippen molar-refractivity contribution in [2.75, 3.05) is 12.7 Å². The smallest absolute Gasteiger partial charge is 0.0170 e. The lowest BCUT2D eigenvalue weighted by Gasteiger charge is -2.15. The number of halogens is 1. The Morgan fingerprint density at radius 1 is 1.71 bits per heavy atom. The first-order chi connectivity index (χ1) is 3.39. The molecule has 1 fully saturated rings. The van der Waals surface area contributed by atoms with Gasteiger partial charge in [0.1, 0.15) is 0 Å². The van der Waals surface area contributed by atoms with Gasteiger partial charge in [-0.1, -0.05) is 31.3 Å². The molecule has 0 spiro atoms. The van der Waals surface area contributed by atoms with Crippen molar-refractivity contribution < 1.29 is 0 Å². The van der Waals surface area contributed by atoms with E-state index >= 15 is 0 Å². The van der Waals surface area contributed by atoms with Crippen molar-refractivity contribution in [2.45, 2.75) is 10.3 Å². The van der Waals surface area contributed by atoms with Crippen LogP contribution in [-0.2, 0) is 0 Å². The maximum atomic E-state index is 3.34. The van der Waals surface area contributed by atoms with Crippen LogP contribution in [0.5, 0.6) is 0 Å². The summed E-state index contributed by atoms with van der Waals surface area (Å²) in [5.74, 6) is 0. The van der Waals surface area contributed by atoms with Crippen molar-refractivity contribution in [3.05, 3.63) is 0 Å². The minimum absolute atomic E-state index is 0.956. The van der Waals surface area contributed by atoms with Gasteiger partial charge in [0.25, 0.3) is 0 Å². The van der Waals surface area contributed by atoms with E-state index in [9.17, 15) is 0 Å². The lowest BCUT2D eigenvalue weighted by molar-refractivity contribution is 0.778. The van der Waals surface area contributed by atoms with Gasteiger partial charge < -0.3 is 0 Å². The highest BCUT2D eigenvalue weighted by Crippen LogP contribution is 2.19. The van der Waals surface area contributed by atoms with Gasteiger partial charge in [-0.3, -0.25) is 5.09 Å². The molecule has 7 heavy (non-hydrogen) atoms. The molecule has 1 rings (SSSR count). The average Bonchev–Trinajstić information content (AvgIpc) is 1.69. The van der Waals surface area contributed by atoms with Gasteiger partial charge in [-0.25, -0.2) is 0 Å². The molecule has 2 unspecified atom stereocenters. The fraction of sp³-hybridized carbons (Fsp3) is 1.00. The molecule has 3 heteroatoms. The number of hydrogen-bond donors (Lipinski definition) is 1. The highest BCUT2D eigenvalue weighted by molar-refractivity contribution is 14.1. The summed E-state index contributed by atoms with van der Waals surface area (Å²) in [6.07, 6.45) is 2.76. The normalized spacial score (nSPS) is 36.4. The third-order valence-corrected chi connectivity index (χ3v) is 4.12. The first-order valence-corrected chi connectivity index (χ1v) is 4.94. The molecule has 0 bridgehead atoms. The molecule has 2 atom stereocenters. The molecule has 0 radical (unpaired) electrons. The summed E-state index contributed by atoms with van der Waals surface area (Å²) >= 11 is 2.52. The Kier molecular flexibility index (Phi) is 2.86. The Hall–Kier alpha value is 1.12. The van der Waals surface area contributed by atoms with Crippen LogP contribution in [0.15, 0.2) is 0 Å². The maximum Gasteiger partial charge on any atom is 0.0170 e. The van der Waals surface area contributed by atoms with E-state index in [0.717, 1.165) is 12.7 Å². The van der Waals surface area contributed by atoms with Gasteiger partial charge in [-0.2, -0.15) is 0 Å². The molecule has 0 amide bonds. The molecule has 0 aromatic carbocycles. The lowest BCUT2D eigenvalue weighted by atomic mass is 10.3. The van der Waals surface area contributed by atoms with Crippen LogP contribution in [0.2, 0.25) is 0 Å². The molecular formula is C4H9INP. The van der Waals surface area contributed by atoms with Crippen LogP contribution in [0.1, 0.15) is 6.42 Å². The minimum atomic E-state index is 0.956. The summed E-state index contributed by atoms with van der Waals surface area (Å²) in [6, 6.07) is 0. The molecule has 42 valence electrons. The Balaban J connectivity index is 2.12. The van der Waals surface area contributed by atoms with Gasteiger partial charge >= 0.3 is 0 Å². The number of alkyl halides is 1. The fourth-order valence-corrected chi connectivity index (χ4v) is 2.47. The average molecular weight is 229 g/mol. The van der Waals surface area contributed by atoms with E-state index in [1.165, 1.54) is 19.1 Å². The van der Waals surface area contributed by atoms with Crippen LogP contribution in [0, 0.1) is 0 Å². The fourth-order valence-electron chi connectivity index (χ4n) is 0.602. The highest BCUT2D eigenvalue weighted by atomic mass is 127. The molecule has 1 aliphatic rings. The van der Waals surface area contributed by atoms with Crippen molar-refractivity contribution in [3.8, 4) is 0 Å². The van der Waals surface area contributed by atoms with Crippen molar-refractivity contribution in [2.24, 2.45) is 0 Å². The molecule has 1 heterocycles. The van der Waals surface area contributed by atoms with Crippen molar-refractivity contribution >= 4 is 31.3 Å². The second-order valence-corrected chi connectivity index (χ2v) is 4.57. The molecular weight excluding hydrogens is 220 g/mol. The standard InChI is InChI=1S/C4H9INP/c5-4-1-2-6-7-3-4/h4,6-7H,1-3H2. The number of hydrogen-bond acceptors (Lipinski definition) is 1. The van der Waals surface area contributed by atoms with E-state index in [1.807, 2.05) is 0 Å².